The third-order valence-electron chi connectivity index (χ3n) is 5.52. The molecule has 1 fully saturated rings. The van der Waals surface area contributed by atoms with Crippen LogP contribution in [0, 0.1) is 6.92 Å². The fourth-order valence-electron chi connectivity index (χ4n) is 4.01. The molecule has 7 heteroatoms. The summed E-state index contributed by atoms with van der Waals surface area (Å²) in [7, 11) is 4.81. The van der Waals surface area contributed by atoms with Crippen LogP contribution in [0.2, 0.25) is 0 Å². The molecule has 0 radical (unpaired) electrons. The van der Waals surface area contributed by atoms with Crippen molar-refractivity contribution >= 4 is 0 Å². The molecule has 0 aromatic heterocycles. The van der Waals surface area contributed by atoms with Gasteiger partial charge in [-0.15, -0.1) is 0 Å². The summed E-state index contributed by atoms with van der Waals surface area (Å²) < 4.78 is 28.1. The van der Waals surface area contributed by atoms with Crippen LogP contribution < -0.4 is 18.9 Å². The molecule has 1 aliphatic heterocycles. The number of methoxy groups -OCH3 is 3. The molecule has 0 aliphatic carbocycles. The minimum atomic E-state index is -0.640. The number of hydrogen-bond acceptors (Lipinski definition) is 7. The van der Waals surface area contributed by atoms with Gasteiger partial charge in [-0.1, -0.05) is 12.1 Å². The molecule has 2 atom stereocenters. The standard InChI is InChI=1S/C25H35NO6/c1-18-7-5-8-21(11-18)32-17-20(27)15-26(16-22-9-6-10-31-22)14-19-12-23(28-2)25(30-4)24(13-19)29-3/h5,7-8,11-13,20,22,27H,6,9-10,14-17H2,1-4H3. The highest BCUT2D eigenvalue weighted by atomic mass is 16.5. The zero-order chi connectivity index (χ0) is 22.9. The molecule has 1 aliphatic rings. The Labute approximate surface area is 190 Å². The van der Waals surface area contributed by atoms with Crippen LogP contribution in [0.25, 0.3) is 0 Å². The van der Waals surface area contributed by atoms with Crippen molar-refractivity contribution in [3.8, 4) is 23.0 Å². The summed E-state index contributed by atoms with van der Waals surface area (Å²) in [4.78, 5) is 2.20. The zero-order valence-electron chi connectivity index (χ0n) is 19.5. The molecule has 0 amide bonds. The summed E-state index contributed by atoms with van der Waals surface area (Å²) >= 11 is 0. The highest BCUT2D eigenvalue weighted by Gasteiger charge is 2.23. The van der Waals surface area contributed by atoms with Gasteiger partial charge in [0.25, 0.3) is 0 Å². The van der Waals surface area contributed by atoms with Crippen LogP contribution in [0.5, 0.6) is 23.0 Å². The lowest BCUT2D eigenvalue weighted by molar-refractivity contribution is 0.0313. The molecular formula is C25H35NO6. The van der Waals surface area contributed by atoms with E-state index in [9.17, 15) is 5.11 Å². The van der Waals surface area contributed by atoms with Crippen molar-refractivity contribution in [2.24, 2.45) is 0 Å². The Kier molecular flexibility index (Phi) is 9.02. The van der Waals surface area contributed by atoms with Gasteiger partial charge in [-0.3, -0.25) is 4.90 Å². The Balaban J connectivity index is 1.69. The topological polar surface area (TPSA) is 69.6 Å². The first-order chi connectivity index (χ1) is 15.5. The second-order valence-corrected chi connectivity index (χ2v) is 8.14. The average Bonchev–Trinajstić information content (AvgIpc) is 3.30. The lowest BCUT2D eigenvalue weighted by Crippen LogP contribution is -2.39. The molecule has 176 valence electrons. The molecule has 0 spiro atoms. The molecule has 1 N–H and O–H groups in total. The smallest absolute Gasteiger partial charge is 0.203 e. The summed E-state index contributed by atoms with van der Waals surface area (Å²) in [5.41, 5.74) is 2.13. The lowest BCUT2D eigenvalue weighted by Gasteiger charge is -2.28. The van der Waals surface area contributed by atoms with E-state index < -0.39 is 6.10 Å². The van der Waals surface area contributed by atoms with Crippen LogP contribution in [0.4, 0.5) is 0 Å². The van der Waals surface area contributed by atoms with Gasteiger partial charge in [0.05, 0.1) is 27.4 Å². The van der Waals surface area contributed by atoms with Crippen LogP contribution in [0.1, 0.15) is 24.0 Å². The van der Waals surface area contributed by atoms with E-state index in [4.69, 9.17) is 23.7 Å². The minimum absolute atomic E-state index is 0.168. The highest BCUT2D eigenvalue weighted by molar-refractivity contribution is 5.53. The van der Waals surface area contributed by atoms with Crippen LogP contribution in [0.15, 0.2) is 36.4 Å². The Morgan fingerprint density at radius 1 is 1.09 bits per heavy atom. The summed E-state index contributed by atoms with van der Waals surface area (Å²) in [6, 6.07) is 11.7. The normalized spacial score (nSPS) is 16.8. The van der Waals surface area contributed by atoms with Crippen molar-refractivity contribution in [1.29, 1.82) is 0 Å². The van der Waals surface area contributed by atoms with Gasteiger partial charge in [0.2, 0.25) is 5.75 Å². The molecule has 1 saturated heterocycles. The van der Waals surface area contributed by atoms with E-state index >= 15 is 0 Å². The Morgan fingerprint density at radius 3 is 2.44 bits per heavy atom. The molecule has 0 bridgehead atoms. The van der Waals surface area contributed by atoms with E-state index in [1.807, 2.05) is 43.3 Å². The Bertz CT molecular complexity index is 827. The Hall–Kier alpha value is -2.48. The summed E-state index contributed by atoms with van der Waals surface area (Å²) in [5.74, 6) is 2.56. The molecular weight excluding hydrogens is 410 g/mol. The van der Waals surface area contributed by atoms with Crippen molar-refractivity contribution in [3.63, 3.8) is 0 Å². The summed E-state index contributed by atoms with van der Waals surface area (Å²) in [5, 5.41) is 10.7. The maximum atomic E-state index is 10.7. The van der Waals surface area contributed by atoms with Crippen LogP contribution in [0.3, 0.4) is 0 Å². The van der Waals surface area contributed by atoms with Gasteiger partial charge in [-0.25, -0.2) is 0 Å². The van der Waals surface area contributed by atoms with Gasteiger partial charge in [0.1, 0.15) is 18.5 Å². The number of aryl methyl sites for hydroxylation is 1. The molecule has 0 saturated carbocycles. The van der Waals surface area contributed by atoms with Gasteiger partial charge < -0.3 is 28.8 Å². The highest BCUT2D eigenvalue weighted by Crippen LogP contribution is 2.38. The number of nitrogens with zero attached hydrogens (tertiary/aromatic N) is 1. The van der Waals surface area contributed by atoms with Gasteiger partial charge >= 0.3 is 0 Å². The molecule has 2 aromatic carbocycles. The van der Waals surface area contributed by atoms with Gasteiger partial charge in [-0.2, -0.15) is 0 Å². The van der Waals surface area contributed by atoms with E-state index in [1.54, 1.807) is 21.3 Å². The fourth-order valence-corrected chi connectivity index (χ4v) is 4.01. The fraction of sp³-hybridized carbons (Fsp3) is 0.520. The predicted molar refractivity (Wildman–Crippen MR) is 123 cm³/mol. The minimum Gasteiger partial charge on any atom is -0.493 e. The third kappa shape index (κ3) is 6.76. The lowest BCUT2D eigenvalue weighted by atomic mass is 10.1. The first-order valence-corrected chi connectivity index (χ1v) is 11.0. The molecule has 2 aromatic rings. The van der Waals surface area contributed by atoms with E-state index in [0.717, 1.165) is 42.9 Å². The number of aliphatic hydroxyl groups excluding tert-OH is 1. The number of ether oxygens (including phenoxy) is 5. The van der Waals surface area contributed by atoms with E-state index in [1.165, 1.54) is 0 Å². The average molecular weight is 446 g/mol. The maximum absolute atomic E-state index is 10.7. The SMILES string of the molecule is COc1cc(CN(CC(O)COc2cccc(C)c2)CC2CCCO2)cc(OC)c1OC. The number of rotatable bonds is 12. The zero-order valence-corrected chi connectivity index (χ0v) is 19.5. The van der Waals surface area contributed by atoms with Crippen LogP contribution in [-0.4, -0.2) is 69.8 Å². The van der Waals surface area contributed by atoms with Crippen molar-refractivity contribution in [1.82, 2.24) is 4.90 Å². The van der Waals surface area contributed by atoms with Crippen molar-refractivity contribution < 1.29 is 28.8 Å². The van der Waals surface area contributed by atoms with Gasteiger partial charge in [0.15, 0.2) is 11.5 Å². The van der Waals surface area contributed by atoms with Crippen LogP contribution >= 0.6 is 0 Å². The van der Waals surface area contributed by atoms with Gasteiger partial charge in [-0.05, 0) is 55.2 Å². The molecule has 3 rings (SSSR count). The Morgan fingerprint density at radius 2 is 1.84 bits per heavy atom. The number of aliphatic hydroxyl groups is 1. The van der Waals surface area contributed by atoms with E-state index in [-0.39, 0.29) is 12.7 Å². The van der Waals surface area contributed by atoms with Gasteiger partial charge in [0, 0.05) is 26.2 Å². The first-order valence-electron chi connectivity index (χ1n) is 11.0. The summed E-state index contributed by atoms with van der Waals surface area (Å²) in [6.45, 7) is 4.84. The number of hydrogen-bond donors (Lipinski definition) is 1. The second kappa shape index (κ2) is 11.9. The molecule has 32 heavy (non-hydrogen) atoms. The van der Waals surface area contributed by atoms with Crippen LogP contribution in [-0.2, 0) is 11.3 Å². The summed E-state index contributed by atoms with van der Waals surface area (Å²) in [6.07, 6.45) is 1.63. The molecule has 2 unspecified atom stereocenters. The monoisotopic (exact) mass is 445 g/mol. The first kappa shape index (κ1) is 24.2. The van der Waals surface area contributed by atoms with Crippen molar-refractivity contribution in [2.45, 2.75) is 38.5 Å². The second-order valence-electron chi connectivity index (χ2n) is 8.14. The van der Waals surface area contributed by atoms with Crippen molar-refractivity contribution in [2.75, 3.05) is 47.6 Å². The maximum Gasteiger partial charge on any atom is 0.203 e. The number of benzene rings is 2. The third-order valence-corrected chi connectivity index (χ3v) is 5.52. The predicted octanol–water partition coefficient (Wildman–Crippen LogP) is 3.44. The largest absolute Gasteiger partial charge is 0.493 e. The molecule has 1 heterocycles. The quantitative estimate of drug-likeness (QED) is 0.537. The molecule has 7 nitrogen and oxygen atoms in total. The van der Waals surface area contributed by atoms with E-state index in [0.29, 0.717) is 30.3 Å². The van der Waals surface area contributed by atoms with E-state index in [2.05, 4.69) is 4.90 Å². The van der Waals surface area contributed by atoms with Crippen molar-refractivity contribution in [3.05, 3.63) is 47.5 Å².